The second-order valence-corrected chi connectivity index (χ2v) is 4.98. The van der Waals surface area contributed by atoms with Gasteiger partial charge in [0, 0.05) is 0 Å². The number of rotatable bonds is 3. The van der Waals surface area contributed by atoms with Gasteiger partial charge in [0.1, 0.15) is 6.04 Å². The van der Waals surface area contributed by atoms with Crippen LogP contribution in [-0.2, 0) is 14.3 Å². The van der Waals surface area contributed by atoms with Crippen molar-refractivity contribution in [2.24, 2.45) is 17.8 Å². The fraction of sp³-hybridized carbons (Fsp3) is 0.833. The van der Waals surface area contributed by atoms with Crippen LogP contribution in [0.1, 0.15) is 25.7 Å². The number of nitrogens with one attached hydrogen (secondary N) is 1. The number of hydrogen-bond acceptors (Lipinski definition) is 4. The molecule has 0 aliphatic heterocycles. The van der Waals surface area contributed by atoms with E-state index in [1.54, 1.807) is 0 Å². The molecule has 96 valence electrons. The lowest BCUT2D eigenvalue weighted by Crippen LogP contribution is -2.48. The molecule has 2 fully saturated rings. The third-order valence-electron chi connectivity index (χ3n) is 4.13. The maximum atomic E-state index is 11.7. The second-order valence-electron chi connectivity index (χ2n) is 4.98. The van der Waals surface area contributed by atoms with Crippen molar-refractivity contribution in [3.8, 4) is 0 Å². The minimum Gasteiger partial charge on any atom is -0.467 e. The number of carbonyl (C=O) groups is 2. The zero-order valence-corrected chi connectivity index (χ0v) is 10.3. The number of alkyl carbamates (subject to hydrolysis) is 1. The predicted molar refractivity (Wildman–Crippen MR) is 60.3 cm³/mol. The van der Waals surface area contributed by atoms with Crippen molar-refractivity contribution < 1.29 is 19.1 Å². The summed E-state index contributed by atoms with van der Waals surface area (Å²) in [6.45, 7) is 0. The van der Waals surface area contributed by atoms with E-state index in [9.17, 15) is 9.59 Å². The Hall–Kier alpha value is -1.26. The molecule has 17 heavy (non-hydrogen) atoms. The fourth-order valence-corrected chi connectivity index (χ4v) is 3.36. The fourth-order valence-electron chi connectivity index (χ4n) is 3.36. The Morgan fingerprint density at radius 2 is 1.94 bits per heavy atom. The molecule has 2 aliphatic carbocycles. The van der Waals surface area contributed by atoms with Gasteiger partial charge in [0.25, 0.3) is 0 Å². The van der Waals surface area contributed by atoms with Crippen LogP contribution in [0.5, 0.6) is 0 Å². The van der Waals surface area contributed by atoms with Gasteiger partial charge in [0.05, 0.1) is 14.2 Å². The SMILES string of the molecule is COC(=O)NC(C(=O)OC)[C@@H]1C[C@H]2CC[C@@H]1C2. The molecule has 0 spiro atoms. The summed E-state index contributed by atoms with van der Waals surface area (Å²) in [5.74, 6) is 1.10. The molecule has 1 amide bonds. The van der Waals surface area contributed by atoms with Crippen LogP contribution in [0, 0.1) is 17.8 Å². The molecule has 5 heteroatoms. The zero-order chi connectivity index (χ0) is 12.4. The number of ether oxygens (including phenoxy) is 2. The first kappa shape index (κ1) is 12.2. The van der Waals surface area contributed by atoms with Gasteiger partial charge >= 0.3 is 12.1 Å². The first-order valence-corrected chi connectivity index (χ1v) is 6.08. The Labute approximate surface area is 101 Å². The van der Waals surface area contributed by atoms with Crippen LogP contribution in [-0.4, -0.2) is 32.3 Å². The van der Waals surface area contributed by atoms with Crippen molar-refractivity contribution in [2.45, 2.75) is 31.7 Å². The third-order valence-corrected chi connectivity index (χ3v) is 4.13. The van der Waals surface area contributed by atoms with Crippen LogP contribution >= 0.6 is 0 Å². The lowest BCUT2D eigenvalue weighted by molar-refractivity contribution is -0.145. The molecule has 2 saturated carbocycles. The molecule has 2 rings (SSSR count). The van der Waals surface area contributed by atoms with Crippen molar-refractivity contribution in [1.29, 1.82) is 0 Å². The number of hydrogen-bond donors (Lipinski definition) is 1. The Morgan fingerprint density at radius 3 is 2.41 bits per heavy atom. The monoisotopic (exact) mass is 241 g/mol. The largest absolute Gasteiger partial charge is 0.467 e. The highest BCUT2D eigenvalue weighted by molar-refractivity contribution is 5.81. The quantitative estimate of drug-likeness (QED) is 0.757. The van der Waals surface area contributed by atoms with Crippen molar-refractivity contribution in [2.75, 3.05) is 14.2 Å². The number of methoxy groups -OCH3 is 2. The molecule has 2 bridgehead atoms. The average molecular weight is 241 g/mol. The van der Waals surface area contributed by atoms with E-state index in [0.29, 0.717) is 5.92 Å². The van der Waals surface area contributed by atoms with Crippen molar-refractivity contribution >= 4 is 12.1 Å². The summed E-state index contributed by atoms with van der Waals surface area (Å²) in [5.41, 5.74) is 0. The maximum Gasteiger partial charge on any atom is 0.407 e. The first-order chi connectivity index (χ1) is 8.15. The van der Waals surface area contributed by atoms with Crippen LogP contribution < -0.4 is 5.32 Å². The number of fused-ring (bicyclic) bond motifs is 2. The summed E-state index contributed by atoms with van der Waals surface area (Å²) in [4.78, 5) is 23.0. The van der Waals surface area contributed by atoms with Crippen LogP contribution in [0.25, 0.3) is 0 Å². The molecule has 0 aromatic rings. The Morgan fingerprint density at radius 1 is 1.18 bits per heavy atom. The van der Waals surface area contributed by atoms with Crippen molar-refractivity contribution in [3.63, 3.8) is 0 Å². The second kappa shape index (κ2) is 4.94. The summed E-state index contributed by atoms with van der Waals surface area (Å²) < 4.78 is 9.33. The van der Waals surface area contributed by atoms with Gasteiger partial charge in [0.15, 0.2) is 0 Å². The molecule has 0 aromatic heterocycles. The Kier molecular flexibility index (Phi) is 3.54. The molecule has 4 atom stereocenters. The normalized spacial score (nSPS) is 32.0. The minimum absolute atomic E-state index is 0.209. The maximum absolute atomic E-state index is 11.7. The Balaban J connectivity index is 2.05. The number of carbonyl (C=O) groups excluding carboxylic acids is 2. The van der Waals surface area contributed by atoms with E-state index in [1.807, 2.05) is 0 Å². The highest BCUT2D eigenvalue weighted by Crippen LogP contribution is 2.49. The molecule has 0 saturated heterocycles. The van der Waals surface area contributed by atoms with E-state index in [-0.39, 0.29) is 11.9 Å². The molecule has 2 aliphatic rings. The average Bonchev–Trinajstić information content (AvgIpc) is 2.96. The van der Waals surface area contributed by atoms with Crippen molar-refractivity contribution in [3.05, 3.63) is 0 Å². The van der Waals surface area contributed by atoms with E-state index in [2.05, 4.69) is 10.1 Å². The molecule has 0 radical (unpaired) electrons. The molecule has 1 unspecified atom stereocenters. The van der Waals surface area contributed by atoms with Crippen LogP contribution in [0.4, 0.5) is 4.79 Å². The van der Waals surface area contributed by atoms with E-state index in [0.717, 1.165) is 18.8 Å². The molecule has 0 heterocycles. The summed E-state index contributed by atoms with van der Waals surface area (Å²) in [6, 6.07) is -0.553. The molecule has 1 N–H and O–H groups in total. The van der Waals surface area contributed by atoms with Gasteiger partial charge in [0.2, 0.25) is 0 Å². The van der Waals surface area contributed by atoms with E-state index < -0.39 is 12.1 Å². The summed E-state index contributed by atoms with van der Waals surface area (Å²) in [6.07, 6.45) is 4.04. The summed E-state index contributed by atoms with van der Waals surface area (Å²) in [5, 5.41) is 2.61. The van der Waals surface area contributed by atoms with Gasteiger partial charge in [-0.15, -0.1) is 0 Å². The molecule has 5 nitrogen and oxygen atoms in total. The lowest BCUT2D eigenvalue weighted by atomic mass is 9.83. The highest BCUT2D eigenvalue weighted by atomic mass is 16.5. The topological polar surface area (TPSA) is 64.6 Å². The molecular weight excluding hydrogens is 222 g/mol. The van der Waals surface area contributed by atoms with Crippen molar-refractivity contribution in [1.82, 2.24) is 5.32 Å². The van der Waals surface area contributed by atoms with Gasteiger partial charge in [-0.2, -0.15) is 0 Å². The summed E-state index contributed by atoms with van der Waals surface area (Å²) >= 11 is 0. The van der Waals surface area contributed by atoms with Crippen LogP contribution in [0.2, 0.25) is 0 Å². The zero-order valence-electron chi connectivity index (χ0n) is 10.3. The van der Waals surface area contributed by atoms with Gasteiger partial charge in [-0.05, 0) is 37.0 Å². The van der Waals surface area contributed by atoms with Gasteiger partial charge < -0.3 is 14.8 Å². The third kappa shape index (κ3) is 2.37. The Bertz CT molecular complexity index is 318. The molecular formula is C12H19NO4. The van der Waals surface area contributed by atoms with E-state index in [4.69, 9.17) is 4.74 Å². The number of amides is 1. The highest BCUT2D eigenvalue weighted by Gasteiger charge is 2.46. The van der Waals surface area contributed by atoms with Crippen LogP contribution in [0.3, 0.4) is 0 Å². The number of esters is 1. The van der Waals surface area contributed by atoms with E-state index in [1.165, 1.54) is 27.1 Å². The van der Waals surface area contributed by atoms with Crippen LogP contribution in [0.15, 0.2) is 0 Å². The lowest BCUT2D eigenvalue weighted by Gasteiger charge is -2.28. The molecule has 0 aromatic carbocycles. The van der Waals surface area contributed by atoms with Gasteiger partial charge in [-0.25, -0.2) is 9.59 Å². The predicted octanol–water partition coefficient (Wildman–Crippen LogP) is 1.32. The smallest absolute Gasteiger partial charge is 0.407 e. The van der Waals surface area contributed by atoms with Gasteiger partial charge in [-0.3, -0.25) is 0 Å². The van der Waals surface area contributed by atoms with Gasteiger partial charge in [-0.1, -0.05) is 6.42 Å². The minimum atomic E-state index is -0.567. The summed E-state index contributed by atoms with van der Waals surface area (Å²) in [7, 11) is 2.64. The standard InChI is InChI=1S/C12H19NO4/c1-16-11(14)10(13-12(15)17-2)9-6-7-3-4-8(9)5-7/h7-10H,3-6H2,1-2H3,(H,13,15)/t7-,8+,9+,10?/m0/s1. The van der Waals surface area contributed by atoms with E-state index >= 15 is 0 Å². The first-order valence-electron chi connectivity index (χ1n) is 6.08.